The smallest absolute Gasteiger partial charge is 0.220 e. The highest BCUT2D eigenvalue weighted by atomic mass is 35.5. The molecule has 0 saturated carbocycles. The minimum Gasteiger partial charge on any atom is -0.496 e. The lowest BCUT2D eigenvalue weighted by molar-refractivity contribution is -0.122. The number of rotatable bonds is 6. The second-order valence-corrected chi connectivity index (χ2v) is 5.86. The van der Waals surface area contributed by atoms with Crippen LogP contribution in [-0.2, 0) is 11.3 Å². The van der Waals surface area contributed by atoms with Gasteiger partial charge < -0.3 is 15.4 Å². The normalized spacial score (nSPS) is 16.5. The van der Waals surface area contributed by atoms with Crippen LogP contribution < -0.4 is 15.4 Å². The number of hydrogen-bond donors (Lipinski definition) is 2. The molecule has 0 bridgehead atoms. The summed E-state index contributed by atoms with van der Waals surface area (Å²) < 4.78 is 5.30. The zero-order valence-corrected chi connectivity index (χ0v) is 14.2. The van der Waals surface area contributed by atoms with Gasteiger partial charge in [0, 0.05) is 18.5 Å². The lowest BCUT2D eigenvalue weighted by atomic mass is 9.84. The number of nitrogens with one attached hydrogen (secondary N) is 2. The summed E-state index contributed by atoms with van der Waals surface area (Å²) in [6.45, 7) is 4.89. The van der Waals surface area contributed by atoms with E-state index in [1.807, 2.05) is 24.3 Å². The van der Waals surface area contributed by atoms with Crippen molar-refractivity contribution < 1.29 is 9.53 Å². The second-order valence-electron chi connectivity index (χ2n) is 5.86. The Balaban J connectivity index is 0.00000242. The molecular formula is C17H27ClN2O2. The molecule has 1 fully saturated rings. The third-order valence-electron chi connectivity index (χ3n) is 4.36. The predicted molar refractivity (Wildman–Crippen MR) is 91.5 cm³/mol. The van der Waals surface area contributed by atoms with Crippen LogP contribution in [0.1, 0.15) is 31.7 Å². The Morgan fingerprint density at radius 3 is 2.73 bits per heavy atom. The molecule has 4 nitrogen and oxygen atoms in total. The van der Waals surface area contributed by atoms with Gasteiger partial charge in [-0.3, -0.25) is 4.79 Å². The van der Waals surface area contributed by atoms with Gasteiger partial charge in [0.05, 0.1) is 7.11 Å². The van der Waals surface area contributed by atoms with Gasteiger partial charge in [-0.2, -0.15) is 0 Å². The van der Waals surface area contributed by atoms with E-state index in [0.29, 0.717) is 24.8 Å². The van der Waals surface area contributed by atoms with Crippen LogP contribution in [0.2, 0.25) is 0 Å². The molecule has 1 aromatic rings. The van der Waals surface area contributed by atoms with Crippen molar-refractivity contribution in [1.29, 1.82) is 0 Å². The van der Waals surface area contributed by atoms with Crippen LogP contribution in [0.25, 0.3) is 0 Å². The fraction of sp³-hybridized carbons (Fsp3) is 0.588. The molecule has 1 aromatic carbocycles. The van der Waals surface area contributed by atoms with E-state index in [2.05, 4.69) is 17.6 Å². The van der Waals surface area contributed by atoms with E-state index >= 15 is 0 Å². The molecule has 124 valence electrons. The lowest BCUT2D eigenvalue weighted by Crippen LogP contribution is -2.33. The SMILES string of the molecule is COc1ccccc1CNC(=O)CC(C)C1CCNCC1.Cl. The quantitative estimate of drug-likeness (QED) is 0.845. The Bertz CT molecular complexity index is 462. The highest BCUT2D eigenvalue weighted by molar-refractivity contribution is 5.85. The summed E-state index contributed by atoms with van der Waals surface area (Å²) in [5.74, 6) is 2.07. The molecule has 5 heteroatoms. The third kappa shape index (κ3) is 5.50. The van der Waals surface area contributed by atoms with Crippen molar-refractivity contribution in [2.45, 2.75) is 32.7 Å². The number of hydrogen-bond acceptors (Lipinski definition) is 3. The summed E-state index contributed by atoms with van der Waals surface area (Å²) in [4.78, 5) is 12.1. The van der Waals surface area contributed by atoms with Crippen molar-refractivity contribution in [3.05, 3.63) is 29.8 Å². The van der Waals surface area contributed by atoms with Crippen molar-refractivity contribution in [3.63, 3.8) is 0 Å². The van der Waals surface area contributed by atoms with Crippen LogP contribution in [0.3, 0.4) is 0 Å². The number of carbonyl (C=O) groups excluding carboxylic acids is 1. The van der Waals surface area contributed by atoms with Crippen LogP contribution in [0.15, 0.2) is 24.3 Å². The number of amides is 1. The molecule has 1 saturated heterocycles. The fourth-order valence-electron chi connectivity index (χ4n) is 2.99. The van der Waals surface area contributed by atoms with Crippen LogP contribution >= 0.6 is 12.4 Å². The van der Waals surface area contributed by atoms with E-state index in [-0.39, 0.29) is 18.3 Å². The van der Waals surface area contributed by atoms with E-state index in [0.717, 1.165) is 24.4 Å². The van der Waals surface area contributed by atoms with Crippen molar-refractivity contribution in [2.24, 2.45) is 11.8 Å². The van der Waals surface area contributed by atoms with Crippen molar-refractivity contribution in [1.82, 2.24) is 10.6 Å². The third-order valence-corrected chi connectivity index (χ3v) is 4.36. The maximum Gasteiger partial charge on any atom is 0.220 e. The van der Waals surface area contributed by atoms with Gasteiger partial charge >= 0.3 is 0 Å². The van der Waals surface area contributed by atoms with Crippen molar-refractivity contribution in [2.75, 3.05) is 20.2 Å². The molecule has 2 N–H and O–H groups in total. The zero-order valence-electron chi connectivity index (χ0n) is 13.4. The molecule has 1 amide bonds. The van der Waals surface area contributed by atoms with Gasteiger partial charge in [0.15, 0.2) is 0 Å². The first-order valence-electron chi connectivity index (χ1n) is 7.80. The molecule has 1 aliphatic heterocycles. The second kappa shape index (κ2) is 9.70. The van der Waals surface area contributed by atoms with Gasteiger partial charge in [-0.15, -0.1) is 12.4 Å². The molecule has 1 heterocycles. The predicted octanol–water partition coefficient (Wildman–Crippen LogP) is 2.76. The van der Waals surface area contributed by atoms with Gasteiger partial charge in [0.25, 0.3) is 0 Å². The first-order valence-corrected chi connectivity index (χ1v) is 7.80. The van der Waals surface area contributed by atoms with Gasteiger partial charge in [-0.1, -0.05) is 25.1 Å². The number of methoxy groups -OCH3 is 1. The summed E-state index contributed by atoms with van der Waals surface area (Å²) in [5.41, 5.74) is 1.02. The molecule has 22 heavy (non-hydrogen) atoms. The standard InChI is InChI=1S/C17H26N2O2.ClH/c1-13(14-7-9-18-10-8-14)11-17(20)19-12-15-5-3-4-6-16(15)21-2;/h3-6,13-14,18H,7-12H2,1-2H3,(H,19,20);1H. The van der Waals surface area contributed by atoms with Crippen LogP contribution in [0.4, 0.5) is 0 Å². The summed E-state index contributed by atoms with van der Waals surface area (Å²) in [5, 5.41) is 6.38. The highest BCUT2D eigenvalue weighted by Gasteiger charge is 2.21. The number of ether oxygens (including phenoxy) is 1. The summed E-state index contributed by atoms with van der Waals surface area (Å²) in [7, 11) is 1.65. The Morgan fingerprint density at radius 1 is 1.36 bits per heavy atom. The zero-order chi connectivity index (χ0) is 15.1. The van der Waals surface area contributed by atoms with E-state index < -0.39 is 0 Å². The molecule has 0 spiro atoms. The summed E-state index contributed by atoms with van der Waals surface area (Å²) in [6.07, 6.45) is 2.97. The van der Waals surface area contributed by atoms with E-state index in [1.54, 1.807) is 7.11 Å². The molecule has 1 aliphatic rings. The number of carbonyl (C=O) groups is 1. The molecule has 1 atom stereocenters. The number of piperidine rings is 1. The van der Waals surface area contributed by atoms with Gasteiger partial charge in [0.2, 0.25) is 5.91 Å². The van der Waals surface area contributed by atoms with Crippen molar-refractivity contribution in [3.8, 4) is 5.75 Å². The van der Waals surface area contributed by atoms with Crippen LogP contribution in [-0.4, -0.2) is 26.1 Å². The number of para-hydroxylation sites is 1. The molecule has 0 aliphatic carbocycles. The Morgan fingerprint density at radius 2 is 2.05 bits per heavy atom. The first kappa shape index (κ1) is 18.8. The average Bonchev–Trinajstić information content (AvgIpc) is 2.54. The van der Waals surface area contributed by atoms with Gasteiger partial charge in [-0.25, -0.2) is 0 Å². The minimum absolute atomic E-state index is 0. The van der Waals surface area contributed by atoms with Crippen LogP contribution in [0.5, 0.6) is 5.75 Å². The molecule has 1 unspecified atom stereocenters. The minimum atomic E-state index is 0. The van der Waals surface area contributed by atoms with Gasteiger partial charge in [0.1, 0.15) is 5.75 Å². The van der Waals surface area contributed by atoms with Gasteiger partial charge in [-0.05, 0) is 43.8 Å². The average molecular weight is 327 g/mol. The van der Waals surface area contributed by atoms with E-state index in [1.165, 1.54) is 12.8 Å². The number of halogens is 1. The fourth-order valence-corrected chi connectivity index (χ4v) is 2.99. The maximum atomic E-state index is 12.1. The summed E-state index contributed by atoms with van der Waals surface area (Å²) in [6, 6.07) is 7.79. The molecular weight excluding hydrogens is 300 g/mol. The molecule has 2 rings (SSSR count). The Kier molecular flexibility index (Phi) is 8.28. The van der Waals surface area contributed by atoms with E-state index in [9.17, 15) is 4.79 Å². The largest absolute Gasteiger partial charge is 0.496 e. The molecule has 0 radical (unpaired) electrons. The monoisotopic (exact) mass is 326 g/mol. The highest BCUT2D eigenvalue weighted by Crippen LogP contribution is 2.24. The first-order chi connectivity index (χ1) is 10.2. The Labute approximate surface area is 139 Å². The topological polar surface area (TPSA) is 50.4 Å². The Hall–Kier alpha value is -1.26. The lowest BCUT2D eigenvalue weighted by Gasteiger charge is -2.27. The number of benzene rings is 1. The van der Waals surface area contributed by atoms with Crippen molar-refractivity contribution >= 4 is 18.3 Å². The van der Waals surface area contributed by atoms with E-state index in [4.69, 9.17) is 4.74 Å². The summed E-state index contributed by atoms with van der Waals surface area (Å²) >= 11 is 0. The molecule has 0 aromatic heterocycles. The van der Waals surface area contributed by atoms with Crippen LogP contribution in [0, 0.1) is 11.8 Å². The maximum absolute atomic E-state index is 12.1.